The number of nitrogens with zero attached hydrogens (tertiary/aromatic N) is 1. The first-order valence-corrected chi connectivity index (χ1v) is 5.16. The molecule has 13 heavy (non-hydrogen) atoms. The van der Waals surface area contributed by atoms with E-state index in [2.05, 4.69) is 42.2 Å². The molecule has 2 unspecified atom stereocenters. The second kappa shape index (κ2) is 2.50. The molecular weight excluding hydrogens is 158 g/mol. The lowest BCUT2D eigenvalue weighted by atomic mass is 10.2. The Balaban J connectivity index is 1.76. The molecule has 1 saturated carbocycles. The first-order chi connectivity index (χ1) is 6.36. The molecule has 1 saturated heterocycles. The van der Waals surface area contributed by atoms with E-state index in [-0.39, 0.29) is 0 Å². The van der Waals surface area contributed by atoms with Crippen LogP contribution in [-0.2, 0) is 0 Å². The number of fused-ring (bicyclic) bond motifs is 1. The van der Waals surface area contributed by atoms with E-state index in [4.69, 9.17) is 0 Å². The van der Waals surface area contributed by atoms with Crippen molar-refractivity contribution < 1.29 is 0 Å². The van der Waals surface area contributed by atoms with Crippen molar-refractivity contribution >= 4 is 5.69 Å². The predicted octanol–water partition coefficient (Wildman–Crippen LogP) is 2.39. The average Bonchev–Trinajstić information content (AvgIpc) is 2.67. The van der Waals surface area contributed by atoms with Gasteiger partial charge in [0.1, 0.15) is 0 Å². The van der Waals surface area contributed by atoms with Gasteiger partial charge in [0.15, 0.2) is 0 Å². The zero-order chi connectivity index (χ0) is 8.84. The summed E-state index contributed by atoms with van der Waals surface area (Å²) in [5.41, 5.74) is 1.40. The Morgan fingerprint density at radius 3 is 2.31 bits per heavy atom. The van der Waals surface area contributed by atoms with E-state index in [1.165, 1.54) is 18.8 Å². The molecule has 3 rings (SSSR count). The summed E-state index contributed by atoms with van der Waals surface area (Å²) in [4.78, 5) is 2.52. The van der Waals surface area contributed by atoms with E-state index in [1.807, 2.05) is 0 Å². The highest BCUT2D eigenvalue weighted by Crippen LogP contribution is 2.51. The van der Waals surface area contributed by atoms with E-state index in [0.717, 1.165) is 17.8 Å². The zero-order valence-corrected chi connectivity index (χ0v) is 7.98. The molecule has 2 fully saturated rings. The highest BCUT2D eigenvalue weighted by Gasteiger charge is 2.52. The lowest BCUT2D eigenvalue weighted by Crippen LogP contribution is -2.23. The summed E-state index contributed by atoms with van der Waals surface area (Å²) >= 11 is 0. The van der Waals surface area contributed by atoms with Crippen LogP contribution in [0.25, 0.3) is 0 Å². The van der Waals surface area contributed by atoms with Gasteiger partial charge in [-0.1, -0.05) is 25.1 Å². The Labute approximate surface area is 79.4 Å². The predicted molar refractivity (Wildman–Crippen MR) is 54.8 cm³/mol. The third-order valence-electron chi connectivity index (χ3n) is 3.74. The highest BCUT2D eigenvalue weighted by molar-refractivity contribution is 5.48. The van der Waals surface area contributed by atoms with Crippen LogP contribution >= 0.6 is 0 Å². The first kappa shape index (κ1) is 7.43. The third kappa shape index (κ3) is 1.06. The van der Waals surface area contributed by atoms with Gasteiger partial charge >= 0.3 is 0 Å². The van der Waals surface area contributed by atoms with E-state index in [1.54, 1.807) is 0 Å². The average molecular weight is 173 g/mol. The van der Waals surface area contributed by atoms with Crippen LogP contribution in [0.15, 0.2) is 30.3 Å². The number of hydrogen-bond donors (Lipinski definition) is 0. The molecule has 0 amide bonds. The number of anilines is 1. The van der Waals surface area contributed by atoms with Crippen LogP contribution in [-0.4, -0.2) is 13.1 Å². The fourth-order valence-electron chi connectivity index (χ4n) is 2.67. The standard InChI is InChI=1S/C12H15N/c1-9-11-7-13(8-12(9)11)10-5-3-2-4-6-10/h2-6,9,11-12H,7-8H2,1H3. The SMILES string of the molecule is CC1C2CN(c3ccccc3)CC12. The van der Waals surface area contributed by atoms with E-state index >= 15 is 0 Å². The van der Waals surface area contributed by atoms with Crippen LogP contribution < -0.4 is 4.90 Å². The maximum Gasteiger partial charge on any atom is 0.0366 e. The molecule has 1 nitrogen and oxygen atoms in total. The van der Waals surface area contributed by atoms with Gasteiger partial charge in [0.25, 0.3) is 0 Å². The van der Waals surface area contributed by atoms with Crippen molar-refractivity contribution in [2.75, 3.05) is 18.0 Å². The molecule has 2 atom stereocenters. The Bertz CT molecular complexity index is 294. The zero-order valence-electron chi connectivity index (χ0n) is 7.98. The van der Waals surface area contributed by atoms with Gasteiger partial charge in [-0.3, -0.25) is 0 Å². The molecule has 0 spiro atoms. The van der Waals surface area contributed by atoms with Gasteiger partial charge in [-0.05, 0) is 29.9 Å². The monoisotopic (exact) mass is 173 g/mol. The Kier molecular flexibility index (Phi) is 1.43. The third-order valence-corrected chi connectivity index (χ3v) is 3.74. The van der Waals surface area contributed by atoms with Crippen LogP contribution in [0.5, 0.6) is 0 Å². The van der Waals surface area contributed by atoms with Gasteiger partial charge in [0, 0.05) is 18.8 Å². The summed E-state index contributed by atoms with van der Waals surface area (Å²) in [5.74, 6) is 3.00. The molecule has 1 aromatic rings. The first-order valence-electron chi connectivity index (χ1n) is 5.16. The van der Waals surface area contributed by atoms with Crippen molar-refractivity contribution in [3.63, 3.8) is 0 Å². The summed E-state index contributed by atoms with van der Waals surface area (Å²) in [6, 6.07) is 10.8. The van der Waals surface area contributed by atoms with E-state index in [0.29, 0.717) is 0 Å². The minimum Gasteiger partial charge on any atom is -0.371 e. The van der Waals surface area contributed by atoms with Gasteiger partial charge in [0.2, 0.25) is 0 Å². The summed E-state index contributed by atoms with van der Waals surface area (Å²) < 4.78 is 0. The highest BCUT2D eigenvalue weighted by atomic mass is 15.2. The van der Waals surface area contributed by atoms with E-state index in [9.17, 15) is 0 Å². The molecule has 68 valence electrons. The summed E-state index contributed by atoms with van der Waals surface area (Å²) in [6.45, 7) is 4.96. The molecule has 1 heteroatoms. The number of rotatable bonds is 1. The van der Waals surface area contributed by atoms with Gasteiger partial charge in [-0.2, -0.15) is 0 Å². The number of piperidine rings is 1. The summed E-state index contributed by atoms with van der Waals surface area (Å²) in [7, 11) is 0. The summed E-state index contributed by atoms with van der Waals surface area (Å²) in [5, 5.41) is 0. The number of hydrogen-bond acceptors (Lipinski definition) is 1. The van der Waals surface area contributed by atoms with Crippen LogP contribution in [0.1, 0.15) is 6.92 Å². The maximum atomic E-state index is 2.52. The Morgan fingerprint density at radius 1 is 1.08 bits per heavy atom. The molecule has 1 aliphatic carbocycles. The van der Waals surface area contributed by atoms with Crippen molar-refractivity contribution in [1.29, 1.82) is 0 Å². The number of para-hydroxylation sites is 1. The normalized spacial score (nSPS) is 36.1. The fourth-order valence-corrected chi connectivity index (χ4v) is 2.67. The molecule has 0 aromatic heterocycles. The lowest BCUT2D eigenvalue weighted by molar-refractivity contribution is 0.690. The maximum absolute atomic E-state index is 2.52. The van der Waals surface area contributed by atoms with Gasteiger partial charge < -0.3 is 4.90 Å². The molecular formula is C12H15N. The van der Waals surface area contributed by atoms with Crippen LogP contribution in [0, 0.1) is 17.8 Å². The van der Waals surface area contributed by atoms with Crippen LogP contribution in [0.2, 0.25) is 0 Å². The Hall–Kier alpha value is -0.980. The molecule has 1 heterocycles. The van der Waals surface area contributed by atoms with Crippen LogP contribution in [0.3, 0.4) is 0 Å². The van der Waals surface area contributed by atoms with Gasteiger partial charge in [0.05, 0.1) is 0 Å². The van der Waals surface area contributed by atoms with Gasteiger partial charge in [-0.15, -0.1) is 0 Å². The van der Waals surface area contributed by atoms with Gasteiger partial charge in [-0.25, -0.2) is 0 Å². The van der Waals surface area contributed by atoms with Crippen molar-refractivity contribution in [3.05, 3.63) is 30.3 Å². The molecule has 1 aliphatic heterocycles. The van der Waals surface area contributed by atoms with Crippen molar-refractivity contribution in [1.82, 2.24) is 0 Å². The van der Waals surface area contributed by atoms with Crippen LogP contribution in [0.4, 0.5) is 5.69 Å². The van der Waals surface area contributed by atoms with Crippen molar-refractivity contribution in [3.8, 4) is 0 Å². The number of benzene rings is 1. The minimum atomic E-state index is 1.000. The Morgan fingerprint density at radius 2 is 1.69 bits per heavy atom. The largest absolute Gasteiger partial charge is 0.371 e. The minimum absolute atomic E-state index is 1.000. The second-order valence-electron chi connectivity index (χ2n) is 4.43. The smallest absolute Gasteiger partial charge is 0.0366 e. The molecule has 1 aromatic carbocycles. The molecule has 0 N–H and O–H groups in total. The van der Waals surface area contributed by atoms with Crippen molar-refractivity contribution in [2.24, 2.45) is 17.8 Å². The fraction of sp³-hybridized carbons (Fsp3) is 0.500. The van der Waals surface area contributed by atoms with E-state index < -0.39 is 0 Å². The quantitative estimate of drug-likeness (QED) is 0.630. The molecule has 0 radical (unpaired) electrons. The summed E-state index contributed by atoms with van der Waals surface area (Å²) in [6.07, 6.45) is 0. The second-order valence-corrected chi connectivity index (χ2v) is 4.43. The van der Waals surface area contributed by atoms with Crippen molar-refractivity contribution in [2.45, 2.75) is 6.92 Å². The molecule has 2 aliphatic rings. The molecule has 0 bridgehead atoms. The topological polar surface area (TPSA) is 3.24 Å². The lowest BCUT2D eigenvalue weighted by Gasteiger charge is -2.20.